The number of hydrazine groups is 2. The van der Waals surface area contributed by atoms with Gasteiger partial charge < -0.3 is 0 Å². The van der Waals surface area contributed by atoms with Crippen LogP contribution in [-0.2, 0) is 0 Å². The smallest absolute Gasteiger partial charge is 0.160 e. The SMILES string of the molecule is O=[N+]([O-])N1CC2(CCN2[N+](=O)[O-])C1. The number of rotatable bonds is 2. The molecule has 2 rings (SSSR count). The first-order chi connectivity index (χ1) is 6.05. The molecule has 1 spiro atoms. The van der Waals surface area contributed by atoms with Crippen LogP contribution >= 0.6 is 0 Å². The fourth-order valence-electron chi connectivity index (χ4n) is 1.85. The number of hydrogen-bond acceptors (Lipinski definition) is 4. The third kappa shape index (κ3) is 0.910. The van der Waals surface area contributed by atoms with Crippen LogP contribution < -0.4 is 0 Å². The zero-order valence-corrected chi connectivity index (χ0v) is 6.75. The Bertz CT molecular complexity index is 274. The molecule has 0 atom stereocenters. The molecule has 8 heteroatoms. The summed E-state index contributed by atoms with van der Waals surface area (Å²) < 4.78 is 0. The van der Waals surface area contributed by atoms with Crippen LogP contribution in [0.5, 0.6) is 0 Å². The van der Waals surface area contributed by atoms with Crippen LogP contribution in [0.1, 0.15) is 6.42 Å². The average molecular weight is 188 g/mol. The monoisotopic (exact) mass is 188 g/mol. The lowest BCUT2D eigenvalue weighted by molar-refractivity contribution is -0.736. The lowest BCUT2D eigenvalue weighted by atomic mass is 9.80. The zero-order valence-electron chi connectivity index (χ0n) is 6.75. The molecular formula is C5H8N4O4. The molecule has 0 aromatic rings. The van der Waals surface area contributed by atoms with Gasteiger partial charge in [-0.1, -0.05) is 0 Å². The van der Waals surface area contributed by atoms with Gasteiger partial charge in [-0.15, -0.1) is 10.0 Å². The summed E-state index contributed by atoms with van der Waals surface area (Å²) in [6, 6.07) is 0. The highest BCUT2D eigenvalue weighted by atomic mass is 16.7. The molecule has 13 heavy (non-hydrogen) atoms. The van der Waals surface area contributed by atoms with Crippen molar-refractivity contribution in [2.24, 2.45) is 0 Å². The van der Waals surface area contributed by atoms with E-state index in [1.54, 1.807) is 0 Å². The first kappa shape index (κ1) is 8.02. The van der Waals surface area contributed by atoms with Gasteiger partial charge in [-0.3, -0.25) is 0 Å². The molecule has 2 fully saturated rings. The van der Waals surface area contributed by atoms with Crippen LogP contribution in [0.2, 0.25) is 0 Å². The second-order valence-corrected chi connectivity index (χ2v) is 3.40. The Hall–Kier alpha value is -1.60. The average Bonchev–Trinajstić information content (AvgIpc) is 1.78. The van der Waals surface area contributed by atoms with Crippen molar-refractivity contribution in [1.82, 2.24) is 10.0 Å². The highest BCUT2D eigenvalue weighted by molar-refractivity contribution is 5.05. The van der Waals surface area contributed by atoms with Crippen molar-refractivity contribution < 1.29 is 10.1 Å². The van der Waals surface area contributed by atoms with Crippen LogP contribution in [0.25, 0.3) is 0 Å². The van der Waals surface area contributed by atoms with E-state index in [1.165, 1.54) is 0 Å². The summed E-state index contributed by atoms with van der Waals surface area (Å²) in [5, 5.41) is 21.7. The van der Waals surface area contributed by atoms with Gasteiger partial charge >= 0.3 is 0 Å². The molecule has 72 valence electrons. The van der Waals surface area contributed by atoms with Gasteiger partial charge in [-0.25, -0.2) is 20.2 Å². The Morgan fingerprint density at radius 2 is 1.77 bits per heavy atom. The van der Waals surface area contributed by atoms with Gasteiger partial charge in [0.2, 0.25) is 0 Å². The molecule has 0 bridgehead atoms. The zero-order chi connectivity index (χ0) is 9.64. The van der Waals surface area contributed by atoms with Gasteiger partial charge in [0.05, 0.1) is 6.54 Å². The van der Waals surface area contributed by atoms with Crippen molar-refractivity contribution >= 4 is 0 Å². The molecule has 0 N–H and O–H groups in total. The fourth-order valence-corrected chi connectivity index (χ4v) is 1.85. The van der Waals surface area contributed by atoms with Crippen LogP contribution in [0.3, 0.4) is 0 Å². The third-order valence-electron chi connectivity index (χ3n) is 2.72. The summed E-state index contributed by atoms with van der Waals surface area (Å²) in [5.74, 6) is 0. The Labute approximate surface area is 73.0 Å². The predicted octanol–water partition coefficient (Wildman–Crippen LogP) is -0.870. The van der Waals surface area contributed by atoms with Gasteiger partial charge in [0, 0.05) is 6.42 Å². The maximum Gasteiger partial charge on any atom is 0.160 e. The molecule has 0 aromatic carbocycles. The van der Waals surface area contributed by atoms with E-state index in [1.807, 2.05) is 0 Å². The normalized spacial score (nSPS) is 23.7. The summed E-state index contributed by atoms with van der Waals surface area (Å²) in [6.45, 7) is 0.737. The van der Waals surface area contributed by atoms with Crippen LogP contribution in [0.15, 0.2) is 0 Å². The fraction of sp³-hybridized carbons (Fsp3) is 1.00. The van der Waals surface area contributed by atoms with E-state index in [0.717, 1.165) is 10.0 Å². The molecular weight excluding hydrogens is 180 g/mol. The predicted molar refractivity (Wildman–Crippen MR) is 39.6 cm³/mol. The lowest BCUT2D eigenvalue weighted by Gasteiger charge is -2.52. The van der Waals surface area contributed by atoms with Crippen LogP contribution in [0.4, 0.5) is 0 Å². The second-order valence-electron chi connectivity index (χ2n) is 3.40. The molecule has 0 saturated carbocycles. The van der Waals surface area contributed by atoms with Gasteiger partial charge in [0.1, 0.15) is 18.6 Å². The summed E-state index contributed by atoms with van der Waals surface area (Å²) in [4.78, 5) is 20.6. The van der Waals surface area contributed by atoms with E-state index < -0.39 is 15.6 Å². The van der Waals surface area contributed by atoms with E-state index in [0.29, 0.717) is 13.0 Å². The Morgan fingerprint density at radius 1 is 1.15 bits per heavy atom. The number of hydrogen-bond donors (Lipinski definition) is 0. The summed E-state index contributed by atoms with van der Waals surface area (Å²) in [6.07, 6.45) is 0.679. The Balaban J connectivity index is 1.97. The van der Waals surface area contributed by atoms with Crippen molar-refractivity contribution in [3.05, 3.63) is 20.2 Å². The second kappa shape index (κ2) is 2.21. The van der Waals surface area contributed by atoms with Crippen LogP contribution in [-0.4, -0.2) is 45.3 Å². The van der Waals surface area contributed by atoms with Crippen molar-refractivity contribution in [1.29, 1.82) is 0 Å². The lowest BCUT2D eigenvalue weighted by Crippen LogP contribution is -2.78. The highest BCUT2D eigenvalue weighted by Gasteiger charge is 2.63. The minimum Gasteiger partial charge on any atom is -0.235 e. The van der Waals surface area contributed by atoms with E-state index in [-0.39, 0.29) is 13.1 Å². The Morgan fingerprint density at radius 3 is 2.08 bits per heavy atom. The van der Waals surface area contributed by atoms with Crippen LogP contribution in [0, 0.1) is 20.2 Å². The molecule has 0 unspecified atom stereocenters. The Kier molecular flexibility index (Phi) is 1.36. The third-order valence-corrected chi connectivity index (χ3v) is 2.72. The molecule has 0 aliphatic carbocycles. The number of nitrogens with zero attached hydrogens (tertiary/aromatic N) is 4. The standard InChI is InChI=1S/C5H8N4O4/c10-8(11)6-3-5(4-6)1-2-7(5)9(12)13/h1-4H2. The summed E-state index contributed by atoms with van der Waals surface area (Å²) in [5.41, 5.74) is -0.545. The molecule has 0 amide bonds. The first-order valence-corrected chi connectivity index (χ1v) is 3.86. The number of nitro groups is 2. The van der Waals surface area contributed by atoms with Crippen molar-refractivity contribution in [2.75, 3.05) is 19.6 Å². The minimum atomic E-state index is -0.545. The summed E-state index contributed by atoms with van der Waals surface area (Å²) in [7, 11) is 0. The van der Waals surface area contributed by atoms with E-state index in [4.69, 9.17) is 0 Å². The molecule has 8 nitrogen and oxygen atoms in total. The molecule has 2 aliphatic heterocycles. The van der Waals surface area contributed by atoms with E-state index in [2.05, 4.69) is 0 Å². The first-order valence-electron chi connectivity index (χ1n) is 3.86. The maximum absolute atomic E-state index is 10.4. The van der Waals surface area contributed by atoms with Gasteiger partial charge in [-0.05, 0) is 0 Å². The van der Waals surface area contributed by atoms with Gasteiger partial charge in [-0.2, -0.15) is 0 Å². The highest BCUT2D eigenvalue weighted by Crippen LogP contribution is 2.38. The minimum absolute atomic E-state index is 0.168. The topological polar surface area (TPSA) is 92.8 Å². The summed E-state index contributed by atoms with van der Waals surface area (Å²) >= 11 is 0. The van der Waals surface area contributed by atoms with Crippen molar-refractivity contribution in [3.63, 3.8) is 0 Å². The molecule has 0 aromatic heterocycles. The largest absolute Gasteiger partial charge is 0.235 e. The van der Waals surface area contributed by atoms with E-state index in [9.17, 15) is 20.2 Å². The maximum atomic E-state index is 10.4. The molecule has 2 aliphatic rings. The quantitative estimate of drug-likeness (QED) is 0.413. The van der Waals surface area contributed by atoms with Gasteiger partial charge in [0.15, 0.2) is 10.1 Å². The molecule has 2 heterocycles. The molecule has 0 radical (unpaired) electrons. The molecule has 2 saturated heterocycles. The van der Waals surface area contributed by atoms with Gasteiger partial charge in [0.25, 0.3) is 0 Å². The van der Waals surface area contributed by atoms with E-state index >= 15 is 0 Å². The van der Waals surface area contributed by atoms with Crippen molar-refractivity contribution in [2.45, 2.75) is 12.0 Å². The van der Waals surface area contributed by atoms with Crippen molar-refractivity contribution in [3.8, 4) is 0 Å².